The van der Waals surface area contributed by atoms with Crippen molar-refractivity contribution in [1.82, 2.24) is 0 Å². The molecule has 13 heavy (non-hydrogen) atoms. The van der Waals surface area contributed by atoms with Crippen molar-refractivity contribution in [3.8, 4) is 11.8 Å². The summed E-state index contributed by atoms with van der Waals surface area (Å²) in [6, 6.07) is 0. The van der Waals surface area contributed by atoms with Gasteiger partial charge in [0.2, 0.25) is 0 Å². The molecule has 0 fully saturated rings. The second-order valence-electron chi connectivity index (χ2n) is 2.36. The van der Waals surface area contributed by atoms with Gasteiger partial charge in [-0.1, -0.05) is 0 Å². The van der Waals surface area contributed by atoms with Gasteiger partial charge in [-0.2, -0.15) is 0 Å². The molecule has 3 nitrogen and oxygen atoms in total. The van der Waals surface area contributed by atoms with Gasteiger partial charge in [0.25, 0.3) is 0 Å². The van der Waals surface area contributed by atoms with Crippen molar-refractivity contribution in [2.75, 3.05) is 6.61 Å². The van der Waals surface area contributed by atoms with Gasteiger partial charge in [-0.05, 0) is 6.92 Å². The van der Waals surface area contributed by atoms with Crippen LogP contribution >= 0.6 is 0 Å². The molecule has 0 spiro atoms. The van der Waals surface area contributed by atoms with Crippen molar-refractivity contribution in [2.24, 2.45) is 0 Å². The molecule has 0 aliphatic heterocycles. The summed E-state index contributed by atoms with van der Waals surface area (Å²) in [5, 5.41) is 0. The van der Waals surface area contributed by atoms with Crippen LogP contribution in [0.1, 0.15) is 32.6 Å². The summed E-state index contributed by atoms with van der Waals surface area (Å²) in [5.74, 6) is 5.38. The number of carbonyl (C=O) groups excluding carboxylic acids is 2. The van der Waals surface area contributed by atoms with Gasteiger partial charge in [0.15, 0.2) is 0 Å². The second kappa shape index (κ2) is 8.79. The largest absolute Gasteiger partial charge is 0.466 e. The van der Waals surface area contributed by atoms with E-state index in [1.54, 1.807) is 6.92 Å². The molecular formula is C10H14O3. The molecule has 0 aromatic rings. The molecule has 0 amide bonds. The Morgan fingerprint density at radius 3 is 2.69 bits per heavy atom. The maximum Gasteiger partial charge on any atom is 0.306 e. The topological polar surface area (TPSA) is 43.4 Å². The molecule has 3 heteroatoms. The molecule has 0 aromatic carbocycles. The Morgan fingerprint density at radius 1 is 1.38 bits per heavy atom. The summed E-state index contributed by atoms with van der Waals surface area (Å²) in [5.41, 5.74) is 0. The van der Waals surface area contributed by atoms with Crippen LogP contribution in [0, 0.1) is 11.8 Å². The molecule has 0 saturated carbocycles. The van der Waals surface area contributed by atoms with Crippen molar-refractivity contribution >= 4 is 12.3 Å². The third-order valence-electron chi connectivity index (χ3n) is 1.27. The zero-order valence-electron chi connectivity index (χ0n) is 7.84. The van der Waals surface area contributed by atoms with Crippen molar-refractivity contribution in [3.63, 3.8) is 0 Å². The summed E-state index contributed by atoms with van der Waals surface area (Å²) in [7, 11) is 0. The van der Waals surface area contributed by atoms with Gasteiger partial charge >= 0.3 is 5.97 Å². The van der Waals surface area contributed by atoms with E-state index in [0.29, 0.717) is 32.3 Å². The van der Waals surface area contributed by atoms with E-state index in [-0.39, 0.29) is 5.97 Å². The second-order valence-corrected chi connectivity index (χ2v) is 2.36. The van der Waals surface area contributed by atoms with E-state index in [4.69, 9.17) is 4.74 Å². The third-order valence-corrected chi connectivity index (χ3v) is 1.27. The Hall–Kier alpha value is -1.30. The van der Waals surface area contributed by atoms with Crippen molar-refractivity contribution in [2.45, 2.75) is 32.6 Å². The van der Waals surface area contributed by atoms with Gasteiger partial charge < -0.3 is 9.53 Å². The fraction of sp³-hybridized carbons (Fsp3) is 0.600. The quantitative estimate of drug-likeness (QED) is 0.279. The SMILES string of the molecule is CCOC(=O)CCC#CCCC=O. The lowest BCUT2D eigenvalue weighted by atomic mass is 10.3. The molecular weight excluding hydrogens is 168 g/mol. The van der Waals surface area contributed by atoms with Crippen molar-refractivity contribution < 1.29 is 14.3 Å². The van der Waals surface area contributed by atoms with Crippen LogP contribution in [0.4, 0.5) is 0 Å². The van der Waals surface area contributed by atoms with E-state index in [2.05, 4.69) is 11.8 Å². The Morgan fingerprint density at radius 2 is 2.08 bits per heavy atom. The lowest BCUT2D eigenvalue weighted by Crippen LogP contribution is -2.02. The number of rotatable bonds is 5. The summed E-state index contributed by atoms with van der Waals surface area (Å²) in [6.07, 6.45) is 2.72. The van der Waals surface area contributed by atoms with Crippen LogP contribution in [-0.4, -0.2) is 18.9 Å². The lowest BCUT2D eigenvalue weighted by Gasteiger charge is -1.96. The van der Waals surface area contributed by atoms with E-state index in [1.165, 1.54) is 0 Å². The zero-order valence-corrected chi connectivity index (χ0v) is 7.84. The number of ether oxygens (including phenoxy) is 1. The molecule has 0 radical (unpaired) electrons. The van der Waals surface area contributed by atoms with Gasteiger partial charge in [0, 0.05) is 19.3 Å². The minimum absolute atomic E-state index is 0.216. The zero-order chi connectivity index (χ0) is 9.94. The van der Waals surface area contributed by atoms with Crippen molar-refractivity contribution in [3.05, 3.63) is 0 Å². The van der Waals surface area contributed by atoms with Gasteiger partial charge in [-0.15, -0.1) is 11.8 Å². The van der Waals surface area contributed by atoms with Gasteiger partial charge in [0.1, 0.15) is 6.29 Å². The van der Waals surface area contributed by atoms with Gasteiger partial charge in [0.05, 0.1) is 13.0 Å². The normalized spacial score (nSPS) is 8.38. The number of unbranched alkanes of at least 4 members (excludes halogenated alkanes) is 1. The lowest BCUT2D eigenvalue weighted by molar-refractivity contribution is -0.142. The average Bonchev–Trinajstić information content (AvgIpc) is 2.11. The number of carbonyl (C=O) groups is 2. The molecule has 0 aliphatic rings. The molecule has 0 unspecified atom stereocenters. The van der Waals surface area contributed by atoms with Crippen LogP contribution < -0.4 is 0 Å². The molecule has 0 aromatic heterocycles. The van der Waals surface area contributed by atoms with Crippen LogP contribution in [0.15, 0.2) is 0 Å². The first-order valence-corrected chi connectivity index (χ1v) is 4.36. The molecule has 0 rings (SSSR count). The first-order valence-electron chi connectivity index (χ1n) is 4.36. The fourth-order valence-corrected chi connectivity index (χ4v) is 0.706. The molecule has 0 bridgehead atoms. The van der Waals surface area contributed by atoms with E-state index in [0.717, 1.165) is 6.29 Å². The maximum absolute atomic E-state index is 10.8. The monoisotopic (exact) mass is 182 g/mol. The third kappa shape index (κ3) is 8.61. The van der Waals surface area contributed by atoms with Crippen LogP contribution in [0.5, 0.6) is 0 Å². The summed E-state index contributed by atoms with van der Waals surface area (Å²) < 4.78 is 4.71. The minimum Gasteiger partial charge on any atom is -0.466 e. The van der Waals surface area contributed by atoms with Gasteiger partial charge in [-0.3, -0.25) is 4.79 Å². The van der Waals surface area contributed by atoms with E-state index in [9.17, 15) is 9.59 Å². The first-order chi connectivity index (χ1) is 6.31. The van der Waals surface area contributed by atoms with E-state index in [1.807, 2.05) is 0 Å². The van der Waals surface area contributed by atoms with E-state index < -0.39 is 0 Å². The highest BCUT2D eigenvalue weighted by atomic mass is 16.5. The van der Waals surface area contributed by atoms with Crippen LogP contribution in [-0.2, 0) is 14.3 Å². The summed E-state index contributed by atoms with van der Waals surface area (Å²) in [4.78, 5) is 20.7. The highest BCUT2D eigenvalue weighted by molar-refractivity contribution is 5.69. The van der Waals surface area contributed by atoms with Gasteiger partial charge in [-0.25, -0.2) is 0 Å². The first kappa shape index (κ1) is 11.7. The highest BCUT2D eigenvalue weighted by Gasteiger charge is 1.97. The van der Waals surface area contributed by atoms with E-state index >= 15 is 0 Å². The standard InChI is InChI=1S/C10H14O3/c1-2-13-10(12)8-6-4-3-5-7-9-11/h9H,2,5-8H2,1H3. The average molecular weight is 182 g/mol. The number of hydrogen-bond acceptors (Lipinski definition) is 3. The summed E-state index contributed by atoms with van der Waals surface area (Å²) >= 11 is 0. The van der Waals surface area contributed by atoms with Crippen LogP contribution in [0.3, 0.4) is 0 Å². The number of esters is 1. The Bertz CT molecular complexity index is 210. The highest BCUT2D eigenvalue weighted by Crippen LogP contribution is 1.91. The van der Waals surface area contributed by atoms with Crippen LogP contribution in [0.25, 0.3) is 0 Å². The predicted molar refractivity (Wildman–Crippen MR) is 48.9 cm³/mol. The minimum atomic E-state index is -0.216. The smallest absolute Gasteiger partial charge is 0.306 e. The molecule has 0 aliphatic carbocycles. The fourth-order valence-electron chi connectivity index (χ4n) is 0.706. The molecule has 0 saturated heterocycles. The Labute approximate surface area is 78.5 Å². The Kier molecular flexibility index (Phi) is 7.91. The Balaban J connectivity index is 3.35. The molecule has 0 heterocycles. The van der Waals surface area contributed by atoms with Crippen LogP contribution in [0.2, 0.25) is 0 Å². The van der Waals surface area contributed by atoms with Crippen molar-refractivity contribution in [1.29, 1.82) is 0 Å². The predicted octanol–water partition coefficient (Wildman–Crippen LogP) is 1.31. The molecule has 72 valence electrons. The number of aldehydes is 1. The molecule has 0 atom stereocenters. The maximum atomic E-state index is 10.8. The number of hydrogen-bond donors (Lipinski definition) is 0. The molecule has 0 N–H and O–H groups in total. The summed E-state index contributed by atoms with van der Waals surface area (Å²) in [6.45, 7) is 2.19.